The van der Waals surface area contributed by atoms with Crippen molar-refractivity contribution in [1.29, 1.82) is 0 Å². The van der Waals surface area contributed by atoms with Crippen LogP contribution in [-0.4, -0.2) is 29.7 Å². The van der Waals surface area contributed by atoms with Gasteiger partial charge in [-0.2, -0.15) is 0 Å². The van der Waals surface area contributed by atoms with E-state index >= 15 is 0 Å². The maximum Gasteiger partial charge on any atom is 0.128 e. The Bertz CT molecular complexity index is 503. The summed E-state index contributed by atoms with van der Waals surface area (Å²) in [5.74, 6) is 5.83. The maximum atomic E-state index is 14.0. The van der Waals surface area contributed by atoms with Crippen LogP contribution in [0.1, 0.15) is 37.3 Å². The van der Waals surface area contributed by atoms with E-state index in [1.165, 1.54) is 25.3 Å². The molecule has 2 nitrogen and oxygen atoms in total. The normalized spacial score (nSPS) is 18.9. The van der Waals surface area contributed by atoms with Gasteiger partial charge in [0.2, 0.25) is 0 Å². The Labute approximate surface area is 120 Å². The van der Waals surface area contributed by atoms with E-state index in [9.17, 15) is 4.39 Å². The number of aliphatic hydroxyl groups is 1. The molecule has 1 aliphatic heterocycles. The molecule has 0 aliphatic carbocycles. The van der Waals surface area contributed by atoms with E-state index in [2.05, 4.69) is 23.7 Å². The fourth-order valence-electron chi connectivity index (χ4n) is 2.84. The van der Waals surface area contributed by atoms with Crippen LogP contribution in [0.25, 0.3) is 0 Å². The zero-order valence-electron chi connectivity index (χ0n) is 12.0. The number of halogens is 1. The van der Waals surface area contributed by atoms with Crippen molar-refractivity contribution in [3.05, 3.63) is 35.1 Å². The molecule has 0 saturated carbocycles. The van der Waals surface area contributed by atoms with E-state index in [1.54, 1.807) is 0 Å². The fourth-order valence-corrected chi connectivity index (χ4v) is 2.84. The maximum absolute atomic E-state index is 14.0. The van der Waals surface area contributed by atoms with Crippen LogP contribution in [-0.2, 0) is 6.54 Å². The summed E-state index contributed by atoms with van der Waals surface area (Å²) in [6.07, 6.45) is 3.73. The van der Waals surface area contributed by atoms with E-state index in [0.717, 1.165) is 24.6 Å². The van der Waals surface area contributed by atoms with Crippen molar-refractivity contribution in [2.24, 2.45) is 5.92 Å². The van der Waals surface area contributed by atoms with Crippen molar-refractivity contribution in [1.82, 2.24) is 4.90 Å². The van der Waals surface area contributed by atoms with Gasteiger partial charge in [0, 0.05) is 24.2 Å². The molecule has 0 spiro atoms. The molecule has 3 heteroatoms. The van der Waals surface area contributed by atoms with E-state index in [4.69, 9.17) is 5.11 Å². The monoisotopic (exact) mass is 275 g/mol. The minimum atomic E-state index is -0.200. The van der Waals surface area contributed by atoms with E-state index in [-0.39, 0.29) is 12.4 Å². The van der Waals surface area contributed by atoms with Gasteiger partial charge in [0.25, 0.3) is 0 Å². The Morgan fingerprint density at radius 3 is 3.00 bits per heavy atom. The average molecular weight is 275 g/mol. The minimum Gasteiger partial charge on any atom is -0.384 e. The summed E-state index contributed by atoms with van der Waals surface area (Å²) in [7, 11) is 0. The van der Waals surface area contributed by atoms with E-state index in [0.29, 0.717) is 12.1 Å². The lowest BCUT2D eigenvalue weighted by atomic mass is 10.0. The van der Waals surface area contributed by atoms with Gasteiger partial charge in [-0.25, -0.2) is 4.39 Å². The van der Waals surface area contributed by atoms with Crippen molar-refractivity contribution in [2.45, 2.75) is 32.7 Å². The molecule has 1 fully saturated rings. The van der Waals surface area contributed by atoms with Crippen LogP contribution >= 0.6 is 0 Å². The summed E-state index contributed by atoms with van der Waals surface area (Å²) < 4.78 is 14.0. The molecule has 1 atom stereocenters. The van der Waals surface area contributed by atoms with Crippen molar-refractivity contribution >= 4 is 0 Å². The van der Waals surface area contributed by atoms with E-state index in [1.807, 2.05) is 12.1 Å². The Morgan fingerprint density at radius 2 is 2.30 bits per heavy atom. The van der Waals surface area contributed by atoms with Crippen molar-refractivity contribution in [3.8, 4) is 11.8 Å². The highest BCUT2D eigenvalue weighted by Gasteiger charge is 2.22. The molecule has 1 aromatic carbocycles. The molecule has 20 heavy (non-hydrogen) atoms. The quantitative estimate of drug-likeness (QED) is 0.854. The lowest BCUT2D eigenvalue weighted by Crippen LogP contribution is -2.20. The highest BCUT2D eigenvalue weighted by molar-refractivity contribution is 5.37. The van der Waals surface area contributed by atoms with Gasteiger partial charge >= 0.3 is 0 Å². The topological polar surface area (TPSA) is 23.5 Å². The summed E-state index contributed by atoms with van der Waals surface area (Å²) in [5.41, 5.74) is 1.35. The molecule has 0 aromatic heterocycles. The number of likely N-dealkylation sites (tertiary alicyclic amines) is 1. The largest absolute Gasteiger partial charge is 0.384 e. The minimum absolute atomic E-state index is 0.198. The molecule has 2 rings (SSSR count). The first-order valence-electron chi connectivity index (χ1n) is 7.33. The molecule has 0 amide bonds. The molecule has 1 N–H and O–H groups in total. The summed E-state index contributed by atoms with van der Waals surface area (Å²) in [5, 5.41) is 8.64. The molecule has 1 unspecified atom stereocenters. The molecule has 0 bridgehead atoms. The Kier molecular flexibility index (Phi) is 5.58. The molecule has 108 valence electrons. The lowest BCUT2D eigenvalue weighted by Gasteiger charge is -2.16. The third kappa shape index (κ3) is 4.06. The predicted molar refractivity (Wildman–Crippen MR) is 78.7 cm³/mol. The molecular weight excluding hydrogens is 253 g/mol. The van der Waals surface area contributed by atoms with Gasteiger partial charge in [-0.1, -0.05) is 31.3 Å². The zero-order valence-corrected chi connectivity index (χ0v) is 12.0. The zero-order chi connectivity index (χ0) is 14.4. The highest BCUT2D eigenvalue weighted by atomic mass is 19.1. The number of hydrogen-bond donors (Lipinski definition) is 1. The Balaban J connectivity index is 1.97. The summed E-state index contributed by atoms with van der Waals surface area (Å²) in [4.78, 5) is 2.33. The van der Waals surface area contributed by atoms with Gasteiger partial charge < -0.3 is 5.11 Å². The second-order valence-corrected chi connectivity index (χ2v) is 5.44. The van der Waals surface area contributed by atoms with Crippen LogP contribution in [0.2, 0.25) is 0 Å². The van der Waals surface area contributed by atoms with Gasteiger partial charge in [-0.15, -0.1) is 0 Å². The second kappa shape index (κ2) is 7.42. The molecule has 1 heterocycles. The fraction of sp³-hybridized carbons (Fsp3) is 0.529. The molecule has 1 aliphatic rings. The average Bonchev–Trinajstić information content (AvgIpc) is 2.87. The Morgan fingerprint density at radius 1 is 1.45 bits per heavy atom. The highest BCUT2D eigenvalue weighted by Crippen LogP contribution is 2.23. The number of nitrogens with zero attached hydrogens (tertiary/aromatic N) is 1. The molecular formula is C17H22FNO. The first-order chi connectivity index (χ1) is 9.72. The van der Waals surface area contributed by atoms with E-state index < -0.39 is 0 Å². The van der Waals surface area contributed by atoms with Crippen LogP contribution in [0.4, 0.5) is 4.39 Å². The van der Waals surface area contributed by atoms with Crippen molar-refractivity contribution < 1.29 is 9.50 Å². The number of rotatable bonds is 4. The van der Waals surface area contributed by atoms with Gasteiger partial charge in [0.1, 0.15) is 12.4 Å². The van der Waals surface area contributed by atoms with Gasteiger partial charge in [0.15, 0.2) is 0 Å². The van der Waals surface area contributed by atoms with Gasteiger partial charge in [-0.3, -0.25) is 4.90 Å². The summed E-state index contributed by atoms with van der Waals surface area (Å²) in [6, 6.07) is 5.09. The van der Waals surface area contributed by atoms with Crippen LogP contribution < -0.4 is 0 Å². The van der Waals surface area contributed by atoms with Gasteiger partial charge in [-0.05, 0) is 37.4 Å². The smallest absolute Gasteiger partial charge is 0.128 e. The third-order valence-corrected chi connectivity index (χ3v) is 3.83. The Hall–Kier alpha value is -1.37. The van der Waals surface area contributed by atoms with Crippen molar-refractivity contribution in [3.63, 3.8) is 0 Å². The predicted octanol–water partition coefficient (Wildman–Crippen LogP) is 2.79. The van der Waals surface area contributed by atoms with Crippen LogP contribution in [0.15, 0.2) is 18.2 Å². The number of aliphatic hydroxyl groups excluding tert-OH is 1. The van der Waals surface area contributed by atoms with Crippen molar-refractivity contribution in [2.75, 3.05) is 19.7 Å². The molecule has 1 saturated heterocycles. The summed E-state index contributed by atoms with van der Waals surface area (Å²) >= 11 is 0. The standard InChI is InChI=1S/C17H22FNO/c1-2-4-15-8-9-19(12-15)13-16-7-6-14(5-3-10-20)11-17(16)18/h6-7,11,15,20H,2,4,8-10,12-13H2,1H3. The lowest BCUT2D eigenvalue weighted by molar-refractivity contribution is 0.308. The first-order valence-corrected chi connectivity index (χ1v) is 7.33. The molecule has 1 aromatic rings. The van der Waals surface area contributed by atoms with Crippen LogP contribution in [0.5, 0.6) is 0 Å². The second-order valence-electron chi connectivity index (χ2n) is 5.44. The summed E-state index contributed by atoms with van der Waals surface area (Å²) in [6.45, 7) is 4.85. The first kappa shape index (κ1) is 15.0. The number of hydrogen-bond acceptors (Lipinski definition) is 2. The third-order valence-electron chi connectivity index (χ3n) is 3.83. The number of benzene rings is 1. The van der Waals surface area contributed by atoms with Crippen LogP contribution in [0.3, 0.4) is 0 Å². The SMILES string of the molecule is CCCC1CCN(Cc2ccc(C#CCO)cc2F)C1. The molecule has 0 radical (unpaired) electrons. The van der Waals surface area contributed by atoms with Gasteiger partial charge in [0.05, 0.1) is 0 Å². The van der Waals surface area contributed by atoms with Crippen LogP contribution in [0, 0.1) is 23.6 Å².